The predicted octanol–water partition coefficient (Wildman–Crippen LogP) is 43.5. The molecule has 0 aliphatic carbocycles. The van der Waals surface area contributed by atoms with Gasteiger partial charge in [-0.3, -0.25) is 0 Å². The number of hydrogen-bond donors (Lipinski definition) is 0. The minimum Gasteiger partial charge on any atom is -0.493 e. The summed E-state index contributed by atoms with van der Waals surface area (Å²) in [6.45, 7) is 17.6. The molecule has 0 aliphatic heterocycles. The summed E-state index contributed by atoms with van der Waals surface area (Å²) in [7, 11) is 0. The maximum Gasteiger partial charge on any atom is 0.127 e. The van der Waals surface area contributed by atoms with Gasteiger partial charge in [-0.05, 0) is 208 Å². The quantitative estimate of drug-likeness (QED) is 0.0280. The number of fused-ring (bicyclic) bond motifs is 2. The van der Waals surface area contributed by atoms with E-state index in [2.05, 4.69) is 296 Å². The zero-order valence-electron chi connectivity index (χ0n) is 88.9. The summed E-state index contributed by atoms with van der Waals surface area (Å²) in [4.78, 5) is 0. The van der Waals surface area contributed by atoms with E-state index in [4.69, 9.17) is 28.4 Å². The standard InChI is InChI=1S/C138H168O6/c1-7-13-19-25-31-37-43-61-91-139-127-85-79-103-97-121(127)133-109-67-49-51-69-111(109)134(112-70-52-50-68-110(112)133)123-99-105(81-87-129(123)141-93-63-45-39-33-27-21-15-9-3)106-82-88-130(142-94-64-46-40-34-28-22-16-10-4)124(100-106)137-117-75-57-59-77-119(117)138(120-78-60-58-76-118(120)137)126-102-108(84-90-132(126)144-96-66-48-42-36-30-24-18-12-6)107-83-89-131(143-95-65-47-41-35-29-23-17-11-5)125(101-107)136-115-73-55-53-71-113(115)135(114-72-54-56-74-116(114)136)122-98-104(103)80-86-128(122)140-92-62-44-38-32-26-20-14-8-2/h49-60,67-90,97-102H,7-48,61-66,91-96H2,1-6H3. The average molecular weight is 1920 g/mol. The highest BCUT2D eigenvalue weighted by atomic mass is 16.5. The minimum atomic E-state index is 0.624. The summed E-state index contributed by atoms with van der Waals surface area (Å²) in [5.41, 5.74) is 0. The lowest BCUT2D eigenvalue weighted by Gasteiger charge is -2.17. The third kappa shape index (κ3) is 27.5. The molecule has 0 fully saturated rings. The normalized spacial score (nSPS) is 11.8. The van der Waals surface area contributed by atoms with Crippen molar-refractivity contribution in [1.82, 2.24) is 0 Å². The molecule has 17 aromatic carbocycles. The molecule has 0 heterocycles. The highest BCUT2D eigenvalue weighted by Gasteiger charge is 2.23. The SMILES string of the molecule is CCCCCCCCCCOc1ccc2cc1c1c3ccccc3c(c3cc(ccc3OCCCCCCCCCC)c3ccc(OCCCCCCCCCC)c(c3)c3c4ccccc4c(c4cc(ccc4OCCCCCCCCCC)c4ccc(OCCCCCCCCCC)c(c4)c4c5ccccc5c(c5cc2ccc5OCCCCCCCCCC)c2ccccc24)c2ccccc23)c2ccccc21. The van der Waals surface area contributed by atoms with E-state index in [1.165, 1.54) is 231 Å². The van der Waals surface area contributed by atoms with Crippen LogP contribution in [-0.4, -0.2) is 39.6 Å². The van der Waals surface area contributed by atoms with Gasteiger partial charge in [0.15, 0.2) is 0 Å². The van der Waals surface area contributed by atoms with Gasteiger partial charge in [-0.25, -0.2) is 0 Å². The number of unbranched alkanes of at least 4 members (excludes halogenated alkanes) is 42. The highest BCUT2D eigenvalue weighted by molar-refractivity contribution is 6.37. The first-order chi connectivity index (χ1) is 71.4. The predicted molar refractivity (Wildman–Crippen MR) is 631 cm³/mol. The van der Waals surface area contributed by atoms with E-state index in [9.17, 15) is 0 Å². The second-order valence-corrected chi connectivity index (χ2v) is 41.7. The Morgan fingerprint density at radius 2 is 0.229 bits per heavy atom. The lowest BCUT2D eigenvalue weighted by atomic mass is 9.90. The van der Waals surface area contributed by atoms with E-state index in [-0.39, 0.29) is 0 Å². The van der Waals surface area contributed by atoms with Gasteiger partial charge in [-0.15, -0.1) is 0 Å². The molecule has 0 N–H and O–H groups in total. The first-order valence-corrected chi connectivity index (χ1v) is 57.8. The molecule has 0 aliphatic rings. The van der Waals surface area contributed by atoms with Gasteiger partial charge in [0.1, 0.15) is 34.5 Å². The van der Waals surface area contributed by atoms with Crippen LogP contribution in [-0.2, 0) is 0 Å². The lowest BCUT2D eigenvalue weighted by Crippen LogP contribution is -1.99. The summed E-state index contributed by atoms with van der Waals surface area (Å²) < 4.78 is 44.4. The summed E-state index contributed by atoms with van der Waals surface area (Å²) in [6.07, 6.45) is 58.6. The van der Waals surface area contributed by atoms with E-state index in [1.807, 2.05) is 0 Å². The molecule has 18 bridgehead atoms. The van der Waals surface area contributed by atoms with Gasteiger partial charge in [0.25, 0.3) is 0 Å². The van der Waals surface area contributed by atoms with Crippen molar-refractivity contribution in [3.05, 3.63) is 255 Å². The van der Waals surface area contributed by atoms with Crippen molar-refractivity contribution >= 4 is 162 Å². The van der Waals surface area contributed by atoms with Gasteiger partial charge in [0.2, 0.25) is 0 Å². The molecule has 17 aromatic rings. The Morgan fingerprint density at radius 3 is 0.347 bits per heavy atom. The molecule has 6 heteroatoms. The molecule has 0 radical (unpaired) electrons. The average Bonchev–Trinajstić information content (AvgIpc) is 0.730. The van der Waals surface area contributed by atoms with Crippen LogP contribution in [0.15, 0.2) is 255 Å². The van der Waals surface area contributed by atoms with Crippen LogP contribution in [0.3, 0.4) is 0 Å². The smallest absolute Gasteiger partial charge is 0.127 e. The van der Waals surface area contributed by atoms with Crippen molar-refractivity contribution in [2.75, 3.05) is 39.6 Å². The van der Waals surface area contributed by atoms with E-state index >= 15 is 0 Å². The number of hydrogen-bond acceptors (Lipinski definition) is 6. The highest BCUT2D eigenvalue weighted by Crippen LogP contribution is 2.49. The Hall–Kier alpha value is -11.3. The zero-order valence-corrected chi connectivity index (χ0v) is 88.9. The number of ether oxygens (including phenoxy) is 6. The third-order valence-electron chi connectivity index (χ3n) is 30.8. The largest absolute Gasteiger partial charge is 0.493 e. The Kier molecular flexibility index (Phi) is 41.7. The number of rotatable bonds is 60. The first kappa shape index (κ1) is 105. The molecule has 17 rings (SSSR count). The third-order valence-corrected chi connectivity index (χ3v) is 30.8. The molecule has 144 heavy (non-hydrogen) atoms. The molecule has 0 unspecified atom stereocenters. The fourth-order valence-corrected chi connectivity index (χ4v) is 22.8. The molecular formula is C138H168O6. The van der Waals surface area contributed by atoms with Crippen molar-refractivity contribution in [1.29, 1.82) is 0 Å². The van der Waals surface area contributed by atoms with Crippen LogP contribution in [0.1, 0.15) is 350 Å². The Bertz CT molecular complexity index is 5830. The summed E-state index contributed by atoms with van der Waals surface area (Å²) >= 11 is 0. The molecule has 0 amide bonds. The maximum absolute atomic E-state index is 7.39. The van der Waals surface area contributed by atoms with Crippen LogP contribution in [0, 0.1) is 0 Å². The van der Waals surface area contributed by atoms with E-state index in [0.717, 1.165) is 273 Å². The molecule has 0 aromatic heterocycles. The van der Waals surface area contributed by atoms with Crippen molar-refractivity contribution in [2.24, 2.45) is 0 Å². The molecule has 756 valence electrons. The summed E-state index contributed by atoms with van der Waals surface area (Å²) in [5.74, 6) is 5.35. The van der Waals surface area contributed by atoms with Crippen molar-refractivity contribution in [2.45, 2.75) is 350 Å². The first-order valence-electron chi connectivity index (χ1n) is 57.8. The molecule has 0 saturated carbocycles. The monoisotopic (exact) mass is 1920 g/mol. The second kappa shape index (κ2) is 57.0. The van der Waals surface area contributed by atoms with Gasteiger partial charge in [-0.2, -0.15) is 0 Å². The zero-order chi connectivity index (χ0) is 98.9. The minimum absolute atomic E-state index is 0.624. The second-order valence-electron chi connectivity index (χ2n) is 41.7. The number of benzene rings is 15. The molecule has 6 nitrogen and oxygen atoms in total. The maximum atomic E-state index is 7.39. The van der Waals surface area contributed by atoms with Crippen LogP contribution < -0.4 is 28.4 Å². The van der Waals surface area contributed by atoms with Crippen LogP contribution in [0.25, 0.3) is 162 Å². The Morgan fingerprint density at radius 1 is 0.118 bits per heavy atom. The van der Waals surface area contributed by atoms with Crippen LogP contribution in [0.5, 0.6) is 34.5 Å². The van der Waals surface area contributed by atoms with E-state index < -0.39 is 0 Å². The van der Waals surface area contributed by atoms with Gasteiger partial charge < -0.3 is 28.4 Å². The fraction of sp³-hybridized carbons (Fsp3) is 0.435. The molecule has 0 atom stereocenters. The Balaban J connectivity index is 1.03. The van der Waals surface area contributed by atoms with Gasteiger partial charge in [-0.1, -0.05) is 493 Å². The molecular weight excluding hydrogens is 1750 g/mol. The van der Waals surface area contributed by atoms with Crippen molar-refractivity contribution in [3.63, 3.8) is 0 Å². The Labute approximate surface area is 862 Å². The van der Waals surface area contributed by atoms with Crippen LogP contribution in [0.4, 0.5) is 0 Å². The molecule has 0 spiro atoms. The van der Waals surface area contributed by atoms with Crippen molar-refractivity contribution < 1.29 is 28.4 Å². The van der Waals surface area contributed by atoms with Crippen LogP contribution in [0.2, 0.25) is 0 Å². The summed E-state index contributed by atoms with van der Waals surface area (Å²) in [6, 6.07) is 98.2. The van der Waals surface area contributed by atoms with Crippen LogP contribution >= 0.6 is 0 Å². The molecule has 0 saturated heterocycles. The summed E-state index contributed by atoms with van der Waals surface area (Å²) in [5, 5.41) is 33.9. The lowest BCUT2D eigenvalue weighted by molar-refractivity contribution is 0.307. The topological polar surface area (TPSA) is 55.4 Å². The van der Waals surface area contributed by atoms with Gasteiger partial charge in [0.05, 0.1) is 39.6 Å². The van der Waals surface area contributed by atoms with Gasteiger partial charge >= 0.3 is 0 Å². The fourth-order valence-electron chi connectivity index (χ4n) is 22.8. The van der Waals surface area contributed by atoms with E-state index in [1.54, 1.807) is 0 Å². The van der Waals surface area contributed by atoms with Gasteiger partial charge in [0, 0.05) is 64.6 Å². The van der Waals surface area contributed by atoms with Crippen molar-refractivity contribution in [3.8, 4) is 34.5 Å². The van der Waals surface area contributed by atoms with E-state index in [0.29, 0.717) is 39.6 Å².